The zero-order valence-corrected chi connectivity index (χ0v) is 10.9. The molecule has 0 spiro atoms. The van der Waals surface area contributed by atoms with Gasteiger partial charge in [0.25, 0.3) is 0 Å². The van der Waals surface area contributed by atoms with Crippen LogP contribution in [0.4, 0.5) is 0 Å². The van der Waals surface area contributed by atoms with E-state index in [2.05, 4.69) is 22.5 Å². The Morgan fingerprint density at radius 1 is 1.38 bits per heavy atom. The Labute approximate surface area is 105 Å². The Morgan fingerprint density at radius 2 is 2.06 bits per heavy atom. The number of piperazine rings is 1. The van der Waals surface area contributed by atoms with E-state index in [9.17, 15) is 4.79 Å². The number of nitrogens with one attached hydrogen (secondary N) is 2. The summed E-state index contributed by atoms with van der Waals surface area (Å²) in [6, 6.07) is 0. The molecular formula is C11H24ClN3O. The summed E-state index contributed by atoms with van der Waals surface area (Å²) < 4.78 is 0. The molecule has 1 aliphatic heterocycles. The minimum atomic E-state index is 0. The number of rotatable bonds is 6. The first kappa shape index (κ1) is 15.7. The fraction of sp³-hybridized carbons (Fsp3) is 0.909. The summed E-state index contributed by atoms with van der Waals surface area (Å²) in [5.41, 5.74) is 0. The third-order valence-corrected chi connectivity index (χ3v) is 2.72. The van der Waals surface area contributed by atoms with E-state index in [0.29, 0.717) is 6.42 Å². The van der Waals surface area contributed by atoms with Crippen molar-refractivity contribution in [2.24, 2.45) is 0 Å². The van der Waals surface area contributed by atoms with Gasteiger partial charge in [-0.2, -0.15) is 0 Å². The van der Waals surface area contributed by atoms with Gasteiger partial charge in [0, 0.05) is 45.7 Å². The first-order chi connectivity index (χ1) is 7.33. The molecule has 1 heterocycles. The molecule has 96 valence electrons. The summed E-state index contributed by atoms with van der Waals surface area (Å²) in [6.45, 7) is 8.24. The zero-order chi connectivity index (χ0) is 10.9. The van der Waals surface area contributed by atoms with Gasteiger partial charge in [0.2, 0.25) is 5.91 Å². The smallest absolute Gasteiger partial charge is 0.220 e. The second-order valence-electron chi connectivity index (χ2n) is 4.05. The van der Waals surface area contributed by atoms with Crippen molar-refractivity contribution in [3.63, 3.8) is 0 Å². The van der Waals surface area contributed by atoms with Gasteiger partial charge < -0.3 is 10.6 Å². The highest BCUT2D eigenvalue weighted by molar-refractivity contribution is 5.85. The van der Waals surface area contributed by atoms with E-state index >= 15 is 0 Å². The number of amides is 1. The van der Waals surface area contributed by atoms with Gasteiger partial charge in [0.05, 0.1) is 0 Å². The van der Waals surface area contributed by atoms with Crippen molar-refractivity contribution in [3.8, 4) is 0 Å². The molecule has 16 heavy (non-hydrogen) atoms. The number of nitrogens with zero attached hydrogens (tertiary/aromatic N) is 1. The largest absolute Gasteiger partial charge is 0.355 e. The molecule has 0 unspecified atom stereocenters. The number of unbranched alkanes of at least 4 members (excludes halogenated alkanes) is 1. The van der Waals surface area contributed by atoms with E-state index in [4.69, 9.17) is 0 Å². The minimum absolute atomic E-state index is 0. The molecule has 4 nitrogen and oxygen atoms in total. The summed E-state index contributed by atoms with van der Waals surface area (Å²) in [5, 5.41) is 6.28. The lowest BCUT2D eigenvalue weighted by atomic mass is 10.2. The lowest BCUT2D eigenvalue weighted by Crippen LogP contribution is -2.46. The Kier molecular flexibility index (Phi) is 9.68. The van der Waals surface area contributed by atoms with Gasteiger partial charge in [-0.3, -0.25) is 9.69 Å². The van der Waals surface area contributed by atoms with Crippen LogP contribution in [0.2, 0.25) is 0 Å². The van der Waals surface area contributed by atoms with Crippen molar-refractivity contribution in [1.29, 1.82) is 0 Å². The van der Waals surface area contributed by atoms with Crippen molar-refractivity contribution in [2.45, 2.75) is 26.2 Å². The summed E-state index contributed by atoms with van der Waals surface area (Å²) in [7, 11) is 0. The lowest BCUT2D eigenvalue weighted by molar-refractivity contribution is -0.121. The van der Waals surface area contributed by atoms with E-state index in [1.54, 1.807) is 0 Å². The van der Waals surface area contributed by atoms with E-state index in [0.717, 1.165) is 52.1 Å². The summed E-state index contributed by atoms with van der Waals surface area (Å²) in [5.74, 6) is 0.201. The number of halogens is 1. The molecule has 2 N–H and O–H groups in total. The molecule has 1 aliphatic rings. The average molecular weight is 250 g/mol. The fourth-order valence-electron chi connectivity index (χ4n) is 1.71. The van der Waals surface area contributed by atoms with Crippen LogP contribution in [0, 0.1) is 0 Å². The highest BCUT2D eigenvalue weighted by Crippen LogP contribution is 1.93. The van der Waals surface area contributed by atoms with Crippen LogP contribution in [-0.4, -0.2) is 50.1 Å². The topological polar surface area (TPSA) is 44.4 Å². The van der Waals surface area contributed by atoms with Crippen molar-refractivity contribution in [2.75, 3.05) is 39.3 Å². The highest BCUT2D eigenvalue weighted by atomic mass is 35.5. The van der Waals surface area contributed by atoms with Crippen molar-refractivity contribution in [3.05, 3.63) is 0 Å². The van der Waals surface area contributed by atoms with E-state index in [1.807, 2.05) is 0 Å². The molecule has 5 heteroatoms. The van der Waals surface area contributed by atoms with Crippen LogP contribution in [0.15, 0.2) is 0 Å². The van der Waals surface area contributed by atoms with Crippen LogP contribution in [-0.2, 0) is 4.79 Å². The maximum absolute atomic E-state index is 11.3. The molecule has 0 aromatic rings. The van der Waals surface area contributed by atoms with Crippen LogP contribution in [0.1, 0.15) is 26.2 Å². The number of carbonyl (C=O) groups excluding carboxylic acids is 1. The van der Waals surface area contributed by atoms with Gasteiger partial charge >= 0.3 is 0 Å². The van der Waals surface area contributed by atoms with Gasteiger partial charge in [-0.25, -0.2) is 0 Å². The summed E-state index contributed by atoms with van der Waals surface area (Å²) in [6.07, 6.45) is 2.77. The van der Waals surface area contributed by atoms with Crippen LogP contribution < -0.4 is 10.6 Å². The van der Waals surface area contributed by atoms with Crippen molar-refractivity contribution in [1.82, 2.24) is 15.5 Å². The van der Waals surface area contributed by atoms with Crippen molar-refractivity contribution < 1.29 is 4.79 Å². The van der Waals surface area contributed by atoms with E-state index in [-0.39, 0.29) is 18.3 Å². The molecule has 0 atom stereocenters. The summed E-state index contributed by atoms with van der Waals surface area (Å²) in [4.78, 5) is 13.7. The molecule has 0 aromatic carbocycles. The minimum Gasteiger partial charge on any atom is -0.355 e. The Bertz CT molecular complexity index is 184. The Balaban J connectivity index is 0.00000225. The Morgan fingerprint density at radius 3 is 2.69 bits per heavy atom. The van der Waals surface area contributed by atoms with Gasteiger partial charge in [0.15, 0.2) is 0 Å². The SMILES string of the molecule is CCCCC(=O)NCCN1CCNCC1.Cl. The standard InChI is InChI=1S/C11H23N3O.ClH/c1-2-3-4-11(15)13-7-10-14-8-5-12-6-9-14;/h12H,2-10H2,1H3,(H,13,15);1H. The number of hydrogen-bond acceptors (Lipinski definition) is 3. The Hall–Kier alpha value is -0.320. The highest BCUT2D eigenvalue weighted by Gasteiger charge is 2.08. The van der Waals surface area contributed by atoms with Gasteiger partial charge in [-0.1, -0.05) is 13.3 Å². The lowest BCUT2D eigenvalue weighted by Gasteiger charge is -2.27. The number of carbonyl (C=O) groups is 1. The molecule has 1 saturated heterocycles. The quantitative estimate of drug-likeness (QED) is 0.726. The zero-order valence-electron chi connectivity index (χ0n) is 10.1. The molecule has 1 fully saturated rings. The average Bonchev–Trinajstić information content (AvgIpc) is 2.28. The maximum Gasteiger partial charge on any atom is 0.220 e. The number of hydrogen-bond donors (Lipinski definition) is 2. The van der Waals surface area contributed by atoms with Crippen molar-refractivity contribution >= 4 is 18.3 Å². The first-order valence-electron chi connectivity index (χ1n) is 6.02. The van der Waals surface area contributed by atoms with Crippen LogP contribution >= 0.6 is 12.4 Å². The molecule has 1 rings (SSSR count). The molecule has 0 aromatic heterocycles. The van der Waals surface area contributed by atoms with E-state index < -0.39 is 0 Å². The third kappa shape index (κ3) is 7.04. The monoisotopic (exact) mass is 249 g/mol. The summed E-state index contributed by atoms with van der Waals surface area (Å²) >= 11 is 0. The predicted octanol–water partition coefficient (Wildman–Crippen LogP) is 0.620. The second-order valence-corrected chi connectivity index (χ2v) is 4.05. The molecule has 0 aliphatic carbocycles. The molecular weight excluding hydrogens is 226 g/mol. The van der Waals surface area contributed by atoms with Gasteiger partial charge in [-0.15, -0.1) is 12.4 Å². The first-order valence-corrected chi connectivity index (χ1v) is 6.02. The van der Waals surface area contributed by atoms with Gasteiger partial charge in [0.1, 0.15) is 0 Å². The maximum atomic E-state index is 11.3. The van der Waals surface area contributed by atoms with Crippen LogP contribution in [0.3, 0.4) is 0 Å². The molecule has 0 radical (unpaired) electrons. The fourth-order valence-corrected chi connectivity index (χ4v) is 1.71. The van der Waals surface area contributed by atoms with Crippen LogP contribution in [0.25, 0.3) is 0 Å². The third-order valence-electron chi connectivity index (χ3n) is 2.72. The predicted molar refractivity (Wildman–Crippen MR) is 69.1 cm³/mol. The normalized spacial score (nSPS) is 16.6. The van der Waals surface area contributed by atoms with Gasteiger partial charge in [-0.05, 0) is 6.42 Å². The van der Waals surface area contributed by atoms with Crippen LogP contribution in [0.5, 0.6) is 0 Å². The second kappa shape index (κ2) is 9.87. The molecule has 0 bridgehead atoms. The van der Waals surface area contributed by atoms with E-state index in [1.165, 1.54) is 0 Å². The molecule has 0 saturated carbocycles. The molecule has 1 amide bonds.